The molecular formula is C7H13FN2O. The first-order valence-corrected chi connectivity index (χ1v) is 3.78. The van der Waals surface area contributed by atoms with E-state index in [2.05, 4.69) is 0 Å². The molecule has 0 aromatic heterocycles. The van der Waals surface area contributed by atoms with Crippen LogP contribution in [0.4, 0.5) is 4.39 Å². The number of hydrogen-bond donors (Lipinski definition) is 1. The highest BCUT2D eigenvalue weighted by Crippen LogP contribution is 2.14. The largest absolute Gasteiger partial charge is 0.368 e. The number of carbonyl (C=O) groups is 1. The van der Waals surface area contributed by atoms with Crippen molar-refractivity contribution in [3.8, 4) is 0 Å². The fourth-order valence-electron chi connectivity index (χ4n) is 1.27. The lowest BCUT2D eigenvalue weighted by atomic mass is 10.3. The molecule has 1 aliphatic heterocycles. The highest BCUT2D eigenvalue weighted by atomic mass is 19.1. The Morgan fingerprint density at radius 2 is 2.45 bits per heavy atom. The number of carbonyl (C=O) groups excluding carboxylic acids is 1. The predicted molar refractivity (Wildman–Crippen MR) is 39.7 cm³/mol. The quantitative estimate of drug-likeness (QED) is 0.613. The lowest BCUT2D eigenvalue weighted by Gasteiger charge is -2.19. The second kappa shape index (κ2) is 3.17. The van der Waals surface area contributed by atoms with Crippen LogP contribution in [0.5, 0.6) is 0 Å². The summed E-state index contributed by atoms with van der Waals surface area (Å²) in [5.41, 5.74) is 5.06. The van der Waals surface area contributed by atoms with Crippen molar-refractivity contribution in [1.82, 2.24) is 4.90 Å². The van der Waals surface area contributed by atoms with E-state index in [1.165, 1.54) is 0 Å². The summed E-state index contributed by atoms with van der Waals surface area (Å²) in [5.74, 6) is -0.376. The van der Waals surface area contributed by atoms with Crippen molar-refractivity contribution in [1.29, 1.82) is 0 Å². The molecular weight excluding hydrogens is 147 g/mol. The Bertz CT molecular complexity index is 163. The fraction of sp³-hybridized carbons (Fsp3) is 0.857. The molecule has 4 heteroatoms. The van der Waals surface area contributed by atoms with E-state index in [1.54, 1.807) is 11.8 Å². The van der Waals surface area contributed by atoms with E-state index in [9.17, 15) is 9.18 Å². The zero-order valence-corrected chi connectivity index (χ0v) is 6.59. The Morgan fingerprint density at radius 1 is 1.82 bits per heavy atom. The van der Waals surface area contributed by atoms with Crippen LogP contribution in [0.2, 0.25) is 0 Å². The zero-order valence-electron chi connectivity index (χ0n) is 6.59. The van der Waals surface area contributed by atoms with Crippen molar-refractivity contribution in [3.63, 3.8) is 0 Å². The van der Waals surface area contributed by atoms with E-state index in [-0.39, 0.29) is 11.9 Å². The maximum atomic E-state index is 12.6. The fourth-order valence-corrected chi connectivity index (χ4v) is 1.27. The summed E-state index contributed by atoms with van der Waals surface area (Å²) >= 11 is 0. The SMILES string of the molecule is C[C@H](C(N)=O)N1CC[C@@H](F)C1. The molecule has 0 unspecified atom stereocenters. The molecule has 1 aliphatic rings. The van der Waals surface area contributed by atoms with Crippen LogP contribution >= 0.6 is 0 Å². The van der Waals surface area contributed by atoms with Crippen LogP contribution in [0.3, 0.4) is 0 Å². The molecule has 0 saturated carbocycles. The molecule has 11 heavy (non-hydrogen) atoms. The van der Waals surface area contributed by atoms with Crippen molar-refractivity contribution >= 4 is 5.91 Å². The Morgan fingerprint density at radius 3 is 2.82 bits per heavy atom. The number of halogens is 1. The lowest BCUT2D eigenvalue weighted by molar-refractivity contribution is -0.122. The number of likely N-dealkylation sites (tertiary alicyclic amines) is 1. The molecule has 2 atom stereocenters. The molecule has 3 nitrogen and oxygen atoms in total. The molecule has 0 spiro atoms. The second-order valence-electron chi connectivity index (χ2n) is 2.96. The van der Waals surface area contributed by atoms with Gasteiger partial charge in [0.15, 0.2) is 0 Å². The minimum absolute atomic E-state index is 0.323. The normalized spacial score (nSPS) is 28.7. The van der Waals surface area contributed by atoms with E-state index in [0.717, 1.165) is 0 Å². The first-order chi connectivity index (χ1) is 5.11. The average Bonchev–Trinajstić information content (AvgIpc) is 2.34. The Balaban J connectivity index is 2.43. The number of amides is 1. The first kappa shape index (κ1) is 8.46. The van der Waals surface area contributed by atoms with Crippen molar-refractivity contribution in [2.75, 3.05) is 13.1 Å². The maximum Gasteiger partial charge on any atom is 0.234 e. The topological polar surface area (TPSA) is 46.3 Å². The van der Waals surface area contributed by atoms with Gasteiger partial charge in [0.1, 0.15) is 6.17 Å². The molecule has 0 aromatic rings. The van der Waals surface area contributed by atoms with Crippen LogP contribution in [0.25, 0.3) is 0 Å². The first-order valence-electron chi connectivity index (χ1n) is 3.78. The zero-order chi connectivity index (χ0) is 8.43. The van der Waals surface area contributed by atoms with Crippen molar-refractivity contribution in [3.05, 3.63) is 0 Å². The Labute approximate surface area is 65.3 Å². The van der Waals surface area contributed by atoms with Gasteiger partial charge in [0.25, 0.3) is 0 Å². The van der Waals surface area contributed by atoms with Gasteiger partial charge >= 0.3 is 0 Å². The molecule has 0 radical (unpaired) electrons. The molecule has 1 heterocycles. The van der Waals surface area contributed by atoms with E-state index < -0.39 is 6.17 Å². The predicted octanol–water partition coefficient (Wildman–Crippen LogP) is -0.0960. The maximum absolute atomic E-state index is 12.6. The number of nitrogens with zero attached hydrogens (tertiary/aromatic N) is 1. The smallest absolute Gasteiger partial charge is 0.234 e. The van der Waals surface area contributed by atoms with Gasteiger partial charge in [-0.25, -0.2) is 4.39 Å². The van der Waals surface area contributed by atoms with Crippen LogP contribution in [0.1, 0.15) is 13.3 Å². The minimum atomic E-state index is -0.781. The molecule has 0 bridgehead atoms. The van der Waals surface area contributed by atoms with Gasteiger partial charge in [0.05, 0.1) is 6.04 Å². The van der Waals surface area contributed by atoms with Crippen LogP contribution in [-0.2, 0) is 4.79 Å². The summed E-state index contributed by atoms with van der Waals surface area (Å²) in [4.78, 5) is 12.4. The van der Waals surface area contributed by atoms with Gasteiger partial charge in [-0.2, -0.15) is 0 Å². The summed E-state index contributed by atoms with van der Waals surface area (Å²) in [7, 11) is 0. The number of alkyl halides is 1. The standard InChI is InChI=1S/C7H13FN2O/c1-5(7(9)11)10-3-2-6(8)4-10/h5-6H,2-4H2,1H3,(H2,9,11)/t5-,6-/m1/s1. The molecule has 0 aromatic carbocycles. The van der Waals surface area contributed by atoms with Crippen LogP contribution in [-0.4, -0.2) is 36.1 Å². The van der Waals surface area contributed by atoms with Gasteiger partial charge in [-0.15, -0.1) is 0 Å². The highest BCUT2D eigenvalue weighted by Gasteiger charge is 2.27. The minimum Gasteiger partial charge on any atom is -0.368 e. The van der Waals surface area contributed by atoms with E-state index in [4.69, 9.17) is 5.73 Å². The molecule has 1 fully saturated rings. The molecule has 2 N–H and O–H groups in total. The average molecular weight is 160 g/mol. The summed E-state index contributed by atoms with van der Waals surface area (Å²) < 4.78 is 12.6. The third-order valence-electron chi connectivity index (χ3n) is 2.12. The Kier molecular flexibility index (Phi) is 2.44. The third-order valence-corrected chi connectivity index (χ3v) is 2.12. The van der Waals surface area contributed by atoms with Crippen molar-refractivity contribution < 1.29 is 9.18 Å². The van der Waals surface area contributed by atoms with Crippen molar-refractivity contribution in [2.24, 2.45) is 5.73 Å². The van der Waals surface area contributed by atoms with E-state index >= 15 is 0 Å². The molecule has 0 aliphatic carbocycles. The molecule has 1 amide bonds. The lowest BCUT2D eigenvalue weighted by Crippen LogP contribution is -2.41. The van der Waals surface area contributed by atoms with Gasteiger partial charge in [0.2, 0.25) is 5.91 Å². The van der Waals surface area contributed by atoms with Gasteiger partial charge in [-0.3, -0.25) is 9.69 Å². The summed E-state index contributed by atoms with van der Waals surface area (Å²) in [6, 6.07) is -0.323. The van der Waals surface area contributed by atoms with Crippen molar-refractivity contribution in [2.45, 2.75) is 25.6 Å². The monoisotopic (exact) mass is 160 g/mol. The highest BCUT2D eigenvalue weighted by molar-refractivity contribution is 5.79. The molecule has 1 saturated heterocycles. The number of nitrogens with two attached hydrogens (primary N) is 1. The third kappa shape index (κ3) is 1.89. The van der Waals surface area contributed by atoms with E-state index in [1.807, 2.05) is 0 Å². The number of rotatable bonds is 2. The summed E-state index contributed by atoms with van der Waals surface area (Å²) in [6.07, 6.45) is -0.255. The molecule has 64 valence electrons. The van der Waals surface area contributed by atoms with Crippen LogP contribution in [0.15, 0.2) is 0 Å². The molecule has 1 rings (SSSR count). The number of primary amides is 1. The van der Waals surface area contributed by atoms with Crippen LogP contribution in [0, 0.1) is 0 Å². The van der Waals surface area contributed by atoms with Gasteiger partial charge in [0, 0.05) is 13.1 Å². The summed E-state index contributed by atoms with van der Waals surface area (Å²) in [6.45, 7) is 2.70. The summed E-state index contributed by atoms with van der Waals surface area (Å²) in [5, 5.41) is 0. The Hall–Kier alpha value is -0.640. The number of hydrogen-bond acceptors (Lipinski definition) is 2. The second-order valence-corrected chi connectivity index (χ2v) is 2.96. The van der Waals surface area contributed by atoms with Gasteiger partial charge < -0.3 is 5.73 Å². The van der Waals surface area contributed by atoms with E-state index in [0.29, 0.717) is 19.5 Å². The van der Waals surface area contributed by atoms with Gasteiger partial charge in [-0.05, 0) is 13.3 Å². The van der Waals surface area contributed by atoms with Crippen LogP contribution < -0.4 is 5.73 Å². The van der Waals surface area contributed by atoms with Gasteiger partial charge in [-0.1, -0.05) is 0 Å².